The summed E-state index contributed by atoms with van der Waals surface area (Å²) in [4.78, 5) is 20.0. The van der Waals surface area contributed by atoms with Crippen LogP contribution in [0.15, 0.2) is 35.4 Å². The second-order valence-corrected chi connectivity index (χ2v) is 6.65. The number of aromatic nitrogens is 1. The largest absolute Gasteiger partial charge is 0.333 e. The van der Waals surface area contributed by atoms with Crippen LogP contribution < -0.4 is 0 Å². The number of halogens is 1. The van der Waals surface area contributed by atoms with Crippen molar-refractivity contribution in [2.75, 3.05) is 12.8 Å². The quantitative estimate of drug-likeness (QED) is 0.780. The van der Waals surface area contributed by atoms with Gasteiger partial charge in [0.1, 0.15) is 5.69 Å². The first-order chi connectivity index (χ1) is 10.6. The Morgan fingerprint density at radius 1 is 1.41 bits per heavy atom. The highest BCUT2D eigenvalue weighted by Crippen LogP contribution is 2.29. The fourth-order valence-corrected chi connectivity index (χ4v) is 3.50. The molecule has 3 nitrogen and oxygen atoms in total. The lowest BCUT2D eigenvalue weighted by atomic mass is 9.99. The van der Waals surface area contributed by atoms with E-state index in [0.29, 0.717) is 17.3 Å². The van der Waals surface area contributed by atoms with E-state index < -0.39 is 0 Å². The van der Waals surface area contributed by atoms with Crippen LogP contribution in [0.5, 0.6) is 0 Å². The number of rotatable bonds is 2. The highest BCUT2D eigenvalue weighted by Gasteiger charge is 2.24. The number of carbonyl (C=O) groups excluding carboxylic acids is 1. The second kappa shape index (κ2) is 6.31. The monoisotopic (exact) mass is 332 g/mol. The van der Waals surface area contributed by atoms with Gasteiger partial charge >= 0.3 is 0 Å². The molecule has 22 heavy (non-hydrogen) atoms. The van der Waals surface area contributed by atoms with Crippen LogP contribution in [0.25, 0.3) is 0 Å². The molecule has 1 aromatic heterocycles. The Hall–Kier alpha value is -1.52. The lowest BCUT2D eigenvalue weighted by molar-refractivity contribution is 0.0727. The zero-order valence-electron chi connectivity index (χ0n) is 12.6. The average Bonchev–Trinajstić information content (AvgIpc) is 2.55. The van der Waals surface area contributed by atoms with Crippen molar-refractivity contribution < 1.29 is 4.79 Å². The molecule has 114 valence electrons. The van der Waals surface area contributed by atoms with Gasteiger partial charge in [-0.1, -0.05) is 23.7 Å². The average molecular weight is 333 g/mol. The third kappa shape index (κ3) is 2.85. The number of benzene rings is 1. The summed E-state index contributed by atoms with van der Waals surface area (Å²) in [6.07, 6.45) is 4.60. The summed E-state index contributed by atoms with van der Waals surface area (Å²) in [5.74, 6) is -0.0524. The van der Waals surface area contributed by atoms with Crippen molar-refractivity contribution in [3.05, 3.63) is 57.9 Å². The van der Waals surface area contributed by atoms with Gasteiger partial charge in [-0.2, -0.15) is 0 Å². The predicted molar refractivity (Wildman–Crippen MR) is 90.7 cm³/mol. The van der Waals surface area contributed by atoms with Crippen LogP contribution in [0, 0.1) is 6.92 Å². The number of nitrogens with zero attached hydrogens (tertiary/aromatic N) is 2. The van der Waals surface area contributed by atoms with Crippen molar-refractivity contribution in [1.29, 1.82) is 0 Å². The van der Waals surface area contributed by atoms with Crippen molar-refractivity contribution in [1.82, 2.24) is 9.88 Å². The molecule has 0 saturated carbocycles. The third-order valence-electron chi connectivity index (χ3n) is 3.99. The number of hydrogen-bond acceptors (Lipinski definition) is 3. The van der Waals surface area contributed by atoms with Gasteiger partial charge in [-0.15, -0.1) is 11.8 Å². The van der Waals surface area contributed by atoms with E-state index in [1.807, 2.05) is 11.8 Å². The Bertz CT molecular complexity index is 718. The molecule has 1 aliphatic rings. The Balaban J connectivity index is 1.87. The van der Waals surface area contributed by atoms with Gasteiger partial charge in [0.15, 0.2) is 0 Å². The highest BCUT2D eigenvalue weighted by molar-refractivity contribution is 7.98. The minimum Gasteiger partial charge on any atom is -0.333 e. The molecule has 1 amide bonds. The van der Waals surface area contributed by atoms with Crippen molar-refractivity contribution in [3.8, 4) is 0 Å². The van der Waals surface area contributed by atoms with E-state index in [2.05, 4.69) is 29.4 Å². The summed E-state index contributed by atoms with van der Waals surface area (Å²) in [6.45, 7) is 3.24. The van der Waals surface area contributed by atoms with Crippen LogP contribution in [0.2, 0.25) is 5.02 Å². The van der Waals surface area contributed by atoms with Gasteiger partial charge in [-0.05, 0) is 48.4 Å². The fourth-order valence-electron chi connectivity index (χ4n) is 2.69. The number of amides is 1. The predicted octanol–water partition coefficient (Wildman–Crippen LogP) is 3.96. The normalized spacial score (nSPS) is 13.9. The number of pyridine rings is 1. The summed E-state index contributed by atoms with van der Waals surface area (Å²) in [5.41, 5.74) is 3.89. The van der Waals surface area contributed by atoms with Gasteiger partial charge in [0.25, 0.3) is 5.91 Å². The molecule has 0 aliphatic carbocycles. The molecule has 0 saturated heterocycles. The summed E-state index contributed by atoms with van der Waals surface area (Å²) in [6, 6.07) is 8.01. The summed E-state index contributed by atoms with van der Waals surface area (Å²) in [5, 5.41) is 0.584. The molecule has 0 spiro atoms. The van der Waals surface area contributed by atoms with E-state index >= 15 is 0 Å². The maximum Gasteiger partial charge on any atom is 0.272 e. The van der Waals surface area contributed by atoms with Gasteiger partial charge < -0.3 is 4.90 Å². The molecule has 1 aliphatic heterocycles. The first kappa shape index (κ1) is 15.4. The van der Waals surface area contributed by atoms with E-state index in [-0.39, 0.29) is 5.91 Å². The van der Waals surface area contributed by atoms with Crippen LogP contribution >= 0.6 is 23.4 Å². The molecule has 0 radical (unpaired) electrons. The summed E-state index contributed by atoms with van der Waals surface area (Å²) >= 11 is 7.83. The molecular weight excluding hydrogens is 316 g/mol. The number of fused-ring (bicyclic) bond motifs is 1. The zero-order chi connectivity index (χ0) is 15.7. The lowest BCUT2D eigenvalue weighted by Crippen LogP contribution is -2.36. The molecule has 0 bridgehead atoms. The fraction of sp³-hybridized carbons (Fsp3) is 0.294. The Kier molecular flexibility index (Phi) is 4.41. The van der Waals surface area contributed by atoms with E-state index in [1.54, 1.807) is 24.0 Å². The number of aryl methyl sites for hydroxylation is 1. The van der Waals surface area contributed by atoms with Gasteiger partial charge in [0.05, 0.1) is 0 Å². The molecule has 0 atom stereocenters. The van der Waals surface area contributed by atoms with Crippen LogP contribution in [0.4, 0.5) is 0 Å². The summed E-state index contributed by atoms with van der Waals surface area (Å²) < 4.78 is 0. The van der Waals surface area contributed by atoms with Gasteiger partial charge in [0.2, 0.25) is 0 Å². The van der Waals surface area contributed by atoms with Crippen LogP contribution in [0.1, 0.15) is 27.2 Å². The van der Waals surface area contributed by atoms with E-state index in [4.69, 9.17) is 11.6 Å². The summed E-state index contributed by atoms with van der Waals surface area (Å²) in [7, 11) is 0. The van der Waals surface area contributed by atoms with Gasteiger partial charge in [0, 0.05) is 29.2 Å². The third-order valence-corrected chi connectivity index (χ3v) is 5.22. The Labute approximate surface area is 139 Å². The zero-order valence-corrected chi connectivity index (χ0v) is 14.2. The maximum absolute atomic E-state index is 12.7. The van der Waals surface area contributed by atoms with Crippen molar-refractivity contribution in [2.24, 2.45) is 0 Å². The topological polar surface area (TPSA) is 33.2 Å². The minimum atomic E-state index is -0.0524. The molecule has 5 heteroatoms. The molecule has 2 heterocycles. The van der Waals surface area contributed by atoms with E-state index in [9.17, 15) is 4.79 Å². The van der Waals surface area contributed by atoms with E-state index in [0.717, 1.165) is 18.5 Å². The molecule has 0 N–H and O–H groups in total. The highest BCUT2D eigenvalue weighted by atomic mass is 35.5. The van der Waals surface area contributed by atoms with Crippen molar-refractivity contribution in [2.45, 2.75) is 24.8 Å². The van der Waals surface area contributed by atoms with Gasteiger partial charge in [-0.3, -0.25) is 9.78 Å². The molecule has 2 aromatic rings. The number of thioether (sulfide) groups is 1. The molecular formula is C17H17ClN2OS. The Morgan fingerprint density at radius 2 is 2.23 bits per heavy atom. The standard InChI is InChI=1S/C17H17ClN2OS/c1-11-9-19-15(8-14(11)18)17(21)20-7-6-12-4-3-5-16(22-2)13(12)10-20/h3-5,8-9H,6-7,10H2,1-2H3. The maximum atomic E-state index is 12.7. The molecule has 0 unspecified atom stereocenters. The number of hydrogen-bond donors (Lipinski definition) is 0. The van der Waals surface area contributed by atoms with Crippen LogP contribution in [-0.2, 0) is 13.0 Å². The molecule has 3 rings (SSSR count). The molecule has 1 aromatic carbocycles. The second-order valence-electron chi connectivity index (χ2n) is 5.39. The smallest absolute Gasteiger partial charge is 0.272 e. The van der Waals surface area contributed by atoms with E-state index in [1.165, 1.54) is 16.0 Å². The first-order valence-electron chi connectivity index (χ1n) is 7.16. The molecule has 0 fully saturated rings. The number of carbonyl (C=O) groups is 1. The first-order valence-corrected chi connectivity index (χ1v) is 8.76. The van der Waals surface area contributed by atoms with Gasteiger partial charge in [-0.25, -0.2) is 0 Å². The van der Waals surface area contributed by atoms with Crippen LogP contribution in [0.3, 0.4) is 0 Å². The van der Waals surface area contributed by atoms with Crippen molar-refractivity contribution >= 4 is 29.3 Å². The SMILES string of the molecule is CSc1cccc2c1CN(C(=O)c1cc(Cl)c(C)cn1)CC2. The Morgan fingerprint density at radius 3 is 2.95 bits per heavy atom. The van der Waals surface area contributed by atoms with Crippen LogP contribution in [-0.4, -0.2) is 28.6 Å². The minimum absolute atomic E-state index is 0.0524. The lowest BCUT2D eigenvalue weighted by Gasteiger charge is -2.30. The van der Waals surface area contributed by atoms with Crippen molar-refractivity contribution in [3.63, 3.8) is 0 Å².